The molecule has 0 aromatic carbocycles. The zero-order chi connectivity index (χ0) is 15.8. The number of hydrogen-bond acceptors (Lipinski definition) is 3. The maximum Gasteiger partial charge on any atom is 0.403 e. The zero-order valence-corrected chi connectivity index (χ0v) is 12.9. The van der Waals surface area contributed by atoms with E-state index in [2.05, 4.69) is 30.7 Å². The number of hydrogen-bond donors (Lipinski definition) is 0. The fourth-order valence-corrected chi connectivity index (χ4v) is 2.48. The second kappa shape index (κ2) is 5.55. The number of aromatic nitrogens is 2. The Hall–Kier alpha value is -1.17. The van der Waals surface area contributed by atoms with E-state index in [4.69, 9.17) is 0 Å². The van der Waals surface area contributed by atoms with E-state index in [1.807, 2.05) is 6.07 Å². The molecule has 3 nitrogen and oxygen atoms in total. The molecule has 1 aromatic heterocycles. The summed E-state index contributed by atoms with van der Waals surface area (Å²) in [7, 11) is 0. The van der Waals surface area contributed by atoms with E-state index in [-0.39, 0.29) is 11.3 Å². The number of likely N-dealkylation sites (tertiary alicyclic amines) is 1. The quantitative estimate of drug-likeness (QED) is 0.858. The van der Waals surface area contributed by atoms with Gasteiger partial charge in [-0.2, -0.15) is 13.2 Å². The minimum atomic E-state index is -4.14. The van der Waals surface area contributed by atoms with Crippen LogP contribution in [0.2, 0.25) is 0 Å². The van der Waals surface area contributed by atoms with Gasteiger partial charge < -0.3 is 0 Å². The first kappa shape index (κ1) is 16.2. The standard InChI is InChI=1S/C15H22F3N3/c1-10(15(16,17)18)21-7-11(8-21)5-12-6-13(14(2,3)4)20-9-19-12/h6,9-11H,5,7-8H2,1-4H3/t10-/m1/s1. The van der Waals surface area contributed by atoms with Gasteiger partial charge in [-0.1, -0.05) is 20.8 Å². The third-order valence-corrected chi connectivity index (χ3v) is 4.00. The van der Waals surface area contributed by atoms with Gasteiger partial charge in [-0.15, -0.1) is 0 Å². The summed E-state index contributed by atoms with van der Waals surface area (Å²) in [6.07, 6.45) is -1.88. The molecule has 1 aliphatic heterocycles. The molecule has 0 radical (unpaired) electrons. The average molecular weight is 301 g/mol. The lowest BCUT2D eigenvalue weighted by Crippen LogP contribution is -2.56. The summed E-state index contributed by atoms with van der Waals surface area (Å²) < 4.78 is 37.8. The molecule has 0 N–H and O–H groups in total. The van der Waals surface area contributed by atoms with E-state index in [0.29, 0.717) is 19.5 Å². The van der Waals surface area contributed by atoms with E-state index in [1.165, 1.54) is 11.8 Å². The Morgan fingerprint density at radius 1 is 1.24 bits per heavy atom. The monoisotopic (exact) mass is 301 g/mol. The highest BCUT2D eigenvalue weighted by molar-refractivity contribution is 5.16. The molecule has 2 heterocycles. The summed E-state index contributed by atoms with van der Waals surface area (Å²) in [4.78, 5) is 9.98. The molecule has 1 saturated heterocycles. The summed E-state index contributed by atoms with van der Waals surface area (Å²) >= 11 is 0. The van der Waals surface area contributed by atoms with Crippen molar-refractivity contribution in [3.05, 3.63) is 23.8 Å². The summed E-state index contributed by atoms with van der Waals surface area (Å²) in [6, 6.07) is 0.611. The number of rotatable bonds is 3. The molecule has 1 fully saturated rings. The van der Waals surface area contributed by atoms with Crippen molar-refractivity contribution in [1.82, 2.24) is 14.9 Å². The first-order valence-electron chi connectivity index (χ1n) is 7.19. The van der Waals surface area contributed by atoms with Gasteiger partial charge in [-0.25, -0.2) is 9.97 Å². The van der Waals surface area contributed by atoms with Crippen LogP contribution < -0.4 is 0 Å². The Morgan fingerprint density at radius 2 is 1.86 bits per heavy atom. The van der Waals surface area contributed by atoms with Crippen LogP contribution in [0, 0.1) is 5.92 Å². The van der Waals surface area contributed by atoms with Crippen LogP contribution in [0.25, 0.3) is 0 Å². The number of nitrogens with zero attached hydrogens (tertiary/aromatic N) is 3. The molecule has 118 valence electrons. The molecule has 6 heteroatoms. The van der Waals surface area contributed by atoms with E-state index in [9.17, 15) is 13.2 Å². The van der Waals surface area contributed by atoms with Gasteiger partial charge in [0.05, 0.1) is 0 Å². The van der Waals surface area contributed by atoms with Crippen molar-refractivity contribution in [2.24, 2.45) is 5.92 Å². The van der Waals surface area contributed by atoms with Crippen molar-refractivity contribution >= 4 is 0 Å². The van der Waals surface area contributed by atoms with Crippen molar-refractivity contribution in [3.8, 4) is 0 Å². The predicted molar refractivity (Wildman–Crippen MR) is 75.0 cm³/mol. The number of halogens is 3. The molecule has 1 aromatic rings. The molecule has 0 spiro atoms. The summed E-state index contributed by atoms with van der Waals surface area (Å²) in [5.41, 5.74) is 1.83. The summed E-state index contributed by atoms with van der Waals surface area (Å²) in [5, 5.41) is 0. The molecule has 21 heavy (non-hydrogen) atoms. The van der Waals surface area contributed by atoms with Crippen LogP contribution in [0.1, 0.15) is 39.1 Å². The van der Waals surface area contributed by atoms with Crippen LogP contribution in [0.4, 0.5) is 13.2 Å². The molecule has 2 rings (SSSR count). The van der Waals surface area contributed by atoms with Crippen molar-refractivity contribution in [2.75, 3.05) is 13.1 Å². The van der Waals surface area contributed by atoms with E-state index >= 15 is 0 Å². The van der Waals surface area contributed by atoms with Crippen LogP contribution in [-0.2, 0) is 11.8 Å². The van der Waals surface area contributed by atoms with Gasteiger partial charge in [0.15, 0.2) is 0 Å². The molecule has 0 saturated carbocycles. The zero-order valence-electron chi connectivity index (χ0n) is 12.9. The van der Waals surface area contributed by atoms with Crippen molar-refractivity contribution < 1.29 is 13.2 Å². The molecular weight excluding hydrogens is 279 g/mol. The minimum absolute atomic E-state index is 0.0475. The third kappa shape index (κ3) is 3.93. The van der Waals surface area contributed by atoms with Crippen LogP contribution in [-0.4, -0.2) is 40.2 Å². The van der Waals surface area contributed by atoms with Crippen molar-refractivity contribution in [1.29, 1.82) is 0 Å². The van der Waals surface area contributed by atoms with Gasteiger partial charge in [-0.05, 0) is 25.3 Å². The van der Waals surface area contributed by atoms with Crippen LogP contribution in [0.15, 0.2) is 12.4 Å². The fraction of sp³-hybridized carbons (Fsp3) is 0.733. The van der Waals surface area contributed by atoms with Crippen LogP contribution in [0.5, 0.6) is 0 Å². The Kier molecular flexibility index (Phi) is 4.29. The highest BCUT2D eigenvalue weighted by Crippen LogP contribution is 2.31. The van der Waals surface area contributed by atoms with Crippen molar-refractivity contribution in [3.63, 3.8) is 0 Å². The molecule has 0 unspecified atom stereocenters. The van der Waals surface area contributed by atoms with Gasteiger partial charge in [0.2, 0.25) is 0 Å². The Labute approximate surface area is 123 Å². The van der Waals surface area contributed by atoms with E-state index < -0.39 is 12.2 Å². The van der Waals surface area contributed by atoms with E-state index in [1.54, 1.807) is 6.33 Å². The maximum absolute atomic E-state index is 12.6. The lowest BCUT2D eigenvalue weighted by atomic mass is 9.89. The Balaban J connectivity index is 1.91. The lowest BCUT2D eigenvalue weighted by Gasteiger charge is -2.43. The van der Waals surface area contributed by atoms with Gasteiger partial charge in [0, 0.05) is 29.9 Å². The highest BCUT2D eigenvalue weighted by Gasteiger charge is 2.44. The molecule has 1 aliphatic rings. The maximum atomic E-state index is 12.6. The van der Waals surface area contributed by atoms with Crippen LogP contribution >= 0.6 is 0 Å². The largest absolute Gasteiger partial charge is 0.403 e. The average Bonchev–Trinajstić information content (AvgIpc) is 2.30. The molecular formula is C15H22F3N3. The smallest absolute Gasteiger partial charge is 0.292 e. The predicted octanol–water partition coefficient (Wildman–Crippen LogP) is 3.20. The Bertz CT molecular complexity index is 488. The highest BCUT2D eigenvalue weighted by atomic mass is 19.4. The molecule has 0 bridgehead atoms. The van der Waals surface area contributed by atoms with Gasteiger partial charge >= 0.3 is 6.18 Å². The normalized spacial score (nSPS) is 19.4. The first-order valence-corrected chi connectivity index (χ1v) is 7.19. The lowest BCUT2D eigenvalue weighted by molar-refractivity contribution is -0.193. The minimum Gasteiger partial charge on any atom is -0.292 e. The summed E-state index contributed by atoms with van der Waals surface area (Å²) in [6.45, 7) is 8.42. The second-order valence-corrected chi connectivity index (χ2v) is 6.89. The van der Waals surface area contributed by atoms with Gasteiger partial charge in [0.1, 0.15) is 12.4 Å². The second-order valence-electron chi connectivity index (χ2n) is 6.89. The third-order valence-electron chi connectivity index (χ3n) is 4.00. The topological polar surface area (TPSA) is 29.0 Å². The molecule has 0 aliphatic carbocycles. The molecule has 1 atom stereocenters. The Morgan fingerprint density at radius 3 is 2.38 bits per heavy atom. The van der Waals surface area contributed by atoms with Crippen molar-refractivity contribution in [2.45, 2.75) is 51.7 Å². The van der Waals surface area contributed by atoms with Gasteiger partial charge in [0.25, 0.3) is 0 Å². The van der Waals surface area contributed by atoms with Crippen LogP contribution in [0.3, 0.4) is 0 Å². The SMILES string of the molecule is C[C@@H](N1CC(Cc2cc(C(C)(C)C)ncn2)C1)C(F)(F)F. The fourth-order valence-electron chi connectivity index (χ4n) is 2.48. The molecule has 0 amide bonds. The number of alkyl halides is 3. The first-order chi connectivity index (χ1) is 9.57. The van der Waals surface area contributed by atoms with Gasteiger partial charge in [-0.3, -0.25) is 4.90 Å². The van der Waals surface area contributed by atoms with E-state index in [0.717, 1.165) is 11.4 Å². The summed E-state index contributed by atoms with van der Waals surface area (Å²) in [5.74, 6) is 0.248.